The van der Waals surface area contributed by atoms with Gasteiger partial charge in [-0.15, -0.1) is 0 Å². The first-order chi connectivity index (χ1) is 9.80. The van der Waals surface area contributed by atoms with Gasteiger partial charge in [-0.05, 0) is 36.0 Å². The third-order valence-corrected chi connectivity index (χ3v) is 6.08. The molecule has 4 heteroatoms. The molecule has 2 fully saturated rings. The van der Waals surface area contributed by atoms with Crippen molar-refractivity contribution in [2.45, 2.75) is 53.0 Å². The molecule has 122 valence electrons. The van der Waals surface area contributed by atoms with Crippen LogP contribution in [-0.2, 0) is 4.74 Å². The van der Waals surface area contributed by atoms with Gasteiger partial charge in [0, 0.05) is 39.9 Å². The highest BCUT2D eigenvalue weighted by atomic mass is 16.5. The van der Waals surface area contributed by atoms with Gasteiger partial charge in [0.15, 0.2) is 5.96 Å². The molecule has 0 radical (unpaired) electrons. The second-order valence-electron chi connectivity index (χ2n) is 7.83. The fraction of sp³-hybridized carbons (Fsp3) is 0.941. The van der Waals surface area contributed by atoms with Gasteiger partial charge >= 0.3 is 0 Å². The summed E-state index contributed by atoms with van der Waals surface area (Å²) in [5.41, 5.74) is 0.676. The summed E-state index contributed by atoms with van der Waals surface area (Å²) in [5.74, 6) is 1.85. The molecule has 1 aliphatic heterocycles. The quantitative estimate of drug-likeness (QED) is 0.640. The van der Waals surface area contributed by atoms with Gasteiger partial charge in [0.25, 0.3) is 0 Å². The third kappa shape index (κ3) is 3.36. The molecule has 0 aromatic heterocycles. The highest BCUT2D eigenvalue weighted by molar-refractivity contribution is 5.80. The van der Waals surface area contributed by atoms with Gasteiger partial charge in [0.2, 0.25) is 0 Å². The largest absolute Gasteiger partial charge is 0.381 e. The van der Waals surface area contributed by atoms with E-state index in [9.17, 15) is 0 Å². The van der Waals surface area contributed by atoms with Crippen LogP contribution in [0.4, 0.5) is 0 Å². The Bertz CT molecular complexity index is 369. The first-order valence-corrected chi connectivity index (χ1v) is 8.33. The molecule has 0 bridgehead atoms. The van der Waals surface area contributed by atoms with E-state index < -0.39 is 0 Å². The molecular formula is C17H33N3O. The average molecular weight is 295 g/mol. The van der Waals surface area contributed by atoms with Crippen molar-refractivity contribution in [3.63, 3.8) is 0 Å². The summed E-state index contributed by atoms with van der Waals surface area (Å²) < 4.78 is 5.43. The van der Waals surface area contributed by atoms with Crippen LogP contribution in [0.15, 0.2) is 4.99 Å². The summed E-state index contributed by atoms with van der Waals surface area (Å²) in [6.45, 7) is 12.3. The summed E-state index contributed by atoms with van der Waals surface area (Å²) in [4.78, 5) is 6.75. The molecular weight excluding hydrogens is 262 g/mol. The molecule has 0 aromatic carbocycles. The number of nitrogens with zero attached hydrogens (tertiary/aromatic N) is 2. The lowest BCUT2D eigenvalue weighted by atomic mass is 9.96. The second-order valence-corrected chi connectivity index (χ2v) is 7.83. The zero-order valence-electron chi connectivity index (χ0n) is 14.7. The Morgan fingerprint density at radius 2 is 1.76 bits per heavy atom. The van der Waals surface area contributed by atoms with Crippen molar-refractivity contribution in [3.8, 4) is 0 Å². The van der Waals surface area contributed by atoms with Gasteiger partial charge in [-0.1, -0.05) is 27.7 Å². The van der Waals surface area contributed by atoms with Crippen molar-refractivity contribution in [1.29, 1.82) is 0 Å². The van der Waals surface area contributed by atoms with Crippen molar-refractivity contribution in [3.05, 3.63) is 0 Å². The first kappa shape index (κ1) is 16.6. The number of aliphatic imine (C=N–C) groups is 1. The Balaban J connectivity index is 1.81. The Kier molecular flexibility index (Phi) is 4.86. The third-order valence-electron chi connectivity index (χ3n) is 6.08. The predicted octanol–water partition coefficient (Wildman–Crippen LogP) is 2.74. The monoisotopic (exact) mass is 295 g/mol. The molecule has 1 saturated carbocycles. The maximum atomic E-state index is 5.43. The molecule has 2 aliphatic rings. The lowest BCUT2D eigenvalue weighted by molar-refractivity contribution is 0.0625. The highest BCUT2D eigenvalue weighted by Crippen LogP contribution is 2.62. The molecule has 0 unspecified atom stereocenters. The van der Waals surface area contributed by atoms with Gasteiger partial charge in [-0.25, -0.2) is 0 Å². The molecule has 0 amide bonds. The van der Waals surface area contributed by atoms with Crippen molar-refractivity contribution >= 4 is 5.96 Å². The number of nitrogens with one attached hydrogen (secondary N) is 1. The van der Waals surface area contributed by atoms with Gasteiger partial charge in [-0.3, -0.25) is 4.99 Å². The molecule has 1 saturated heterocycles. The molecule has 21 heavy (non-hydrogen) atoms. The van der Waals surface area contributed by atoms with E-state index in [1.165, 1.54) is 19.3 Å². The van der Waals surface area contributed by atoms with E-state index in [0.717, 1.165) is 31.6 Å². The van der Waals surface area contributed by atoms with Gasteiger partial charge in [-0.2, -0.15) is 0 Å². The molecule has 1 heterocycles. The Labute approximate surface area is 130 Å². The van der Waals surface area contributed by atoms with Crippen LogP contribution in [0.25, 0.3) is 0 Å². The lowest BCUT2D eigenvalue weighted by Crippen LogP contribution is -2.42. The maximum Gasteiger partial charge on any atom is 0.193 e. The normalized spacial score (nSPS) is 25.7. The smallest absolute Gasteiger partial charge is 0.193 e. The number of hydrogen-bond donors (Lipinski definition) is 1. The Morgan fingerprint density at radius 1 is 1.19 bits per heavy atom. The van der Waals surface area contributed by atoms with Crippen LogP contribution in [0, 0.1) is 16.7 Å². The summed E-state index contributed by atoms with van der Waals surface area (Å²) >= 11 is 0. The minimum atomic E-state index is 0.338. The standard InChI is InChI=1S/C17H33N3O/c1-16(2)14(17(16,3)4)19-15(18-5)20(6)10-7-13-8-11-21-12-9-13/h13-14H,7-12H2,1-6H3,(H,18,19). The van der Waals surface area contributed by atoms with Crippen LogP contribution in [0.3, 0.4) is 0 Å². The Morgan fingerprint density at radius 3 is 2.24 bits per heavy atom. The van der Waals surface area contributed by atoms with Gasteiger partial charge in [0.1, 0.15) is 0 Å². The fourth-order valence-electron chi connectivity index (χ4n) is 3.55. The summed E-state index contributed by atoms with van der Waals surface area (Å²) in [5, 5.41) is 3.66. The molecule has 1 N–H and O–H groups in total. The second kappa shape index (κ2) is 6.15. The van der Waals surface area contributed by atoms with E-state index in [-0.39, 0.29) is 0 Å². The molecule has 0 atom stereocenters. The average Bonchev–Trinajstić information content (AvgIpc) is 2.84. The summed E-state index contributed by atoms with van der Waals surface area (Å²) in [6.07, 6.45) is 3.66. The van der Waals surface area contributed by atoms with E-state index in [1.807, 2.05) is 7.05 Å². The Hall–Kier alpha value is -0.770. The van der Waals surface area contributed by atoms with Crippen molar-refractivity contribution < 1.29 is 4.74 Å². The van der Waals surface area contributed by atoms with E-state index in [4.69, 9.17) is 4.74 Å². The van der Waals surface area contributed by atoms with Crippen LogP contribution in [-0.4, -0.2) is 50.8 Å². The minimum Gasteiger partial charge on any atom is -0.381 e. The summed E-state index contributed by atoms with van der Waals surface area (Å²) in [6, 6.07) is 0.509. The van der Waals surface area contributed by atoms with E-state index >= 15 is 0 Å². The zero-order chi connectivity index (χ0) is 15.7. The first-order valence-electron chi connectivity index (χ1n) is 8.33. The molecule has 4 nitrogen and oxygen atoms in total. The van der Waals surface area contributed by atoms with Crippen LogP contribution in [0.5, 0.6) is 0 Å². The SMILES string of the molecule is CN=C(NC1C(C)(C)C1(C)C)N(C)CCC1CCOCC1. The van der Waals surface area contributed by atoms with Crippen LogP contribution < -0.4 is 5.32 Å². The lowest BCUT2D eigenvalue weighted by Gasteiger charge is -2.27. The van der Waals surface area contributed by atoms with E-state index in [1.54, 1.807) is 0 Å². The van der Waals surface area contributed by atoms with E-state index in [2.05, 4.69) is 50.0 Å². The molecule has 0 spiro atoms. The van der Waals surface area contributed by atoms with Gasteiger partial charge in [0.05, 0.1) is 0 Å². The van der Waals surface area contributed by atoms with E-state index in [0.29, 0.717) is 16.9 Å². The predicted molar refractivity (Wildman–Crippen MR) is 88.6 cm³/mol. The molecule has 0 aromatic rings. The van der Waals surface area contributed by atoms with Crippen LogP contribution >= 0.6 is 0 Å². The molecule has 2 rings (SSSR count). The van der Waals surface area contributed by atoms with Crippen molar-refractivity contribution in [2.75, 3.05) is 33.9 Å². The summed E-state index contributed by atoms with van der Waals surface area (Å²) in [7, 11) is 4.03. The number of hydrogen-bond acceptors (Lipinski definition) is 2. The maximum absolute atomic E-state index is 5.43. The molecule has 1 aliphatic carbocycles. The van der Waals surface area contributed by atoms with Crippen LogP contribution in [0.2, 0.25) is 0 Å². The zero-order valence-corrected chi connectivity index (χ0v) is 14.7. The van der Waals surface area contributed by atoms with Crippen LogP contribution in [0.1, 0.15) is 47.0 Å². The highest BCUT2D eigenvalue weighted by Gasteiger charge is 2.65. The number of rotatable bonds is 4. The van der Waals surface area contributed by atoms with Crippen molar-refractivity contribution in [2.24, 2.45) is 21.7 Å². The number of guanidine groups is 1. The number of ether oxygens (including phenoxy) is 1. The fourth-order valence-corrected chi connectivity index (χ4v) is 3.55. The van der Waals surface area contributed by atoms with Gasteiger partial charge < -0.3 is 15.0 Å². The van der Waals surface area contributed by atoms with Crippen molar-refractivity contribution in [1.82, 2.24) is 10.2 Å². The topological polar surface area (TPSA) is 36.9 Å². The minimum absolute atomic E-state index is 0.338.